The van der Waals surface area contributed by atoms with Crippen molar-refractivity contribution >= 4 is 44.8 Å². The summed E-state index contributed by atoms with van der Waals surface area (Å²) in [5, 5.41) is 0.505. The van der Waals surface area contributed by atoms with Gasteiger partial charge in [0.05, 0.1) is 5.02 Å². The minimum Gasteiger partial charge on any atom is -0.304 e. The molecule has 1 aromatic rings. The number of rotatable bonds is 3. The highest BCUT2D eigenvalue weighted by Gasteiger charge is 2.29. The molecule has 0 aliphatic carbocycles. The van der Waals surface area contributed by atoms with E-state index < -0.39 is 10.0 Å². The van der Waals surface area contributed by atoms with Crippen LogP contribution in [0.15, 0.2) is 17.0 Å². The first-order valence-electron chi connectivity index (χ1n) is 6.09. The third-order valence-electron chi connectivity index (χ3n) is 3.32. The second-order valence-corrected chi connectivity index (χ2v) is 7.70. The number of piperazine rings is 1. The van der Waals surface area contributed by atoms with Crippen LogP contribution in [0.4, 0.5) is 0 Å². The molecule has 0 saturated carbocycles. The van der Waals surface area contributed by atoms with Gasteiger partial charge in [0, 0.05) is 37.1 Å². The monoisotopic (exact) mass is 356 g/mol. The van der Waals surface area contributed by atoms with Gasteiger partial charge in [-0.1, -0.05) is 23.2 Å². The fourth-order valence-electron chi connectivity index (χ4n) is 2.04. The van der Waals surface area contributed by atoms with Crippen molar-refractivity contribution in [2.45, 2.75) is 10.8 Å². The lowest BCUT2D eigenvalue weighted by Crippen LogP contribution is -2.47. The number of hydrogen-bond donors (Lipinski definition) is 0. The smallest absolute Gasteiger partial charge is 0.244 e. The molecule has 4 nitrogen and oxygen atoms in total. The fraction of sp³-hybridized carbons (Fsp3) is 0.500. The van der Waals surface area contributed by atoms with Crippen molar-refractivity contribution in [3.05, 3.63) is 27.7 Å². The predicted octanol–water partition coefficient (Wildman–Crippen LogP) is 2.67. The van der Waals surface area contributed by atoms with Crippen molar-refractivity contribution < 1.29 is 8.42 Å². The van der Waals surface area contributed by atoms with E-state index in [0.717, 1.165) is 0 Å². The van der Waals surface area contributed by atoms with E-state index in [9.17, 15) is 8.42 Å². The van der Waals surface area contributed by atoms with Crippen molar-refractivity contribution in [2.24, 2.45) is 0 Å². The Balaban J connectivity index is 2.39. The van der Waals surface area contributed by atoms with Gasteiger partial charge in [0.25, 0.3) is 0 Å². The van der Waals surface area contributed by atoms with E-state index in [1.807, 2.05) is 7.05 Å². The summed E-state index contributed by atoms with van der Waals surface area (Å²) in [4.78, 5) is 2.16. The molecule has 0 radical (unpaired) electrons. The molecule has 1 aliphatic rings. The molecular weight excluding hydrogens is 343 g/mol. The van der Waals surface area contributed by atoms with Gasteiger partial charge < -0.3 is 4.90 Å². The van der Waals surface area contributed by atoms with Crippen LogP contribution in [0.25, 0.3) is 0 Å². The molecule has 1 saturated heterocycles. The standard InChI is InChI=1S/C12H15Cl3N2O2S/c1-16-2-4-17(5-3-16)20(18,19)12-6-9(8-13)10(14)7-11(12)15/h6-7H,2-5,8H2,1H3. The molecule has 1 aliphatic heterocycles. The summed E-state index contributed by atoms with van der Waals surface area (Å²) in [5.41, 5.74) is 0.561. The molecule has 0 unspecified atom stereocenters. The molecule has 8 heteroatoms. The molecule has 0 aromatic heterocycles. The van der Waals surface area contributed by atoms with E-state index in [0.29, 0.717) is 36.8 Å². The second kappa shape index (κ2) is 6.38. The van der Waals surface area contributed by atoms with E-state index in [1.54, 1.807) is 0 Å². The molecule has 0 atom stereocenters. The lowest BCUT2D eigenvalue weighted by molar-refractivity contribution is 0.222. The van der Waals surface area contributed by atoms with Crippen LogP contribution in [0, 0.1) is 0 Å². The Hall–Kier alpha value is -0.0400. The van der Waals surface area contributed by atoms with Gasteiger partial charge in [-0.25, -0.2) is 8.42 Å². The summed E-state index contributed by atoms with van der Waals surface area (Å²) < 4.78 is 26.7. The van der Waals surface area contributed by atoms with Crippen LogP contribution in [0.1, 0.15) is 5.56 Å². The Morgan fingerprint density at radius 2 is 1.70 bits per heavy atom. The summed E-state index contributed by atoms with van der Waals surface area (Å²) in [6.45, 7) is 2.31. The van der Waals surface area contributed by atoms with Crippen LogP contribution >= 0.6 is 34.8 Å². The molecule has 0 bridgehead atoms. The van der Waals surface area contributed by atoms with Gasteiger partial charge in [-0.3, -0.25) is 0 Å². The highest BCUT2D eigenvalue weighted by atomic mass is 35.5. The average molecular weight is 358 g/mol. The first kappa shape index (κ1) is 16.3. The van der Waals surface area contributed by atoms with Gasteiger partial charge in [-0.15, -0.1) is 11.6 Å². The number of halogens is 3. The first-order valence-corrected chi connectivity index (χ1v) is 8.82. The minimum absolute atomic E-state index is 0.0729. The normalized spacial score (nSPS) is 18.4. The number of sulfonamides is 1. The topological polar surface area (TPSA) is 40.6 Å². The number of alkyl halides is 1. The summed E-state index contributed by atoms with van der Waals surface area (Å²) in [7, 11) is -1.64. The average Bonchev–Trinajstić information content (AvgIpc) is 2.39. The van der Waals surface area contributed by atoms with E-state index >= 15 is 0 Å². The van der Waals surface area contributed by atoms with Gasteiger partial charge in [-0.2, -0.15) is 4.31 Å². The van der Waals surface area contributed by atoms with E-state index in [2.05, 4.69) is 4.90 Å². The minimum atomic E-state index is -3.61. The van der Waals surface area contributed by atoms with Gasteiger partial charge in [0.1, 0.15) is 4.90 Å². The van der Waals surface area contributed by atoms with Crippen LogP contribution in [-0.2, 0) is 15.9 Å². The number of likely N-dealkylation sites (N-methyl/N-ethyl adjacent to an activating group) is 1. The van der Waals surface area contributed by atoms with Crippen LogP contribution in [0.2, 0.25) is 10.0 Å². The Morgan fingerprint density at radius 3 is 2.25 bits per heavy atom. The quantitative estimate of drug-likeness (QED) is 0.781. The predicted molar refractivity (Wildman–Crippen MR) is 82.3 cm³/mol. The molecular formula is C12H15Cl3N2O2S. The highest BCUT2D eigenvalue weighted by Crippen LogP contribution is 2.31. The molecule has 112 valence electrons. The maximum absolute atomic E-state index is 12.6. The maximum atomic E-state index is 12.6. The van der Waals surface area contributed by atoms with Crippen molar-refractivity contribution in [3.8, 4) is 0 Å². The van der Waals surface area contributed by atoms with Gasteiger partial charge in [0.2, 0.25) is 10.0 Å². The number of benzene rings is 1. The molecule has 0 spiro atoms. The lowest BCUT2D eigenvalue weighted by atomic mass is 10.2. The van der Waals surface area contributed by atoms with E-state index in [-0.39, 0.29) is 15.8 Å². The maximum Gasteiger partial charge on any atom is 0.244 e. The van der Waals surface area contributed by atoms with Crippen LogP contribution in [-0.4, -0.2) is 50.8 Å². The first-order chi connectivity index (χ1) is 9.36. The Morgan fingerprint density at radius 1 is 1.10 bits per heavy atom. The molecule has 20 heavy (non-hydrogen) atoms. The lowest BCUT2D eigenvalue weighted by Gasteiger charge is -2.31. The van der Waals surface area contributed by atoms with Crippen molar-refractivity contribution in [1.82, 2.24) is 9.21 Å². The highest BCUT2D eigenvalue weighted by molar-refractivity contribution is 7.89. The molecule has 1 aromatic carbocycles. The van der Waals surface area contributed by atoms with E-state index in [1.165, 1.54) is 16.4 Å². The molecule has 0 amide bonds. The van der Waals surface area contributed by atoms with E-state index in [4.69, 9.17) is 34.8 Å². The fourth-order valence-corrected chi connectivity index (χ4v) is 4.59. The number of nitrogens with zero attached hydrogens (tertiary/aromatic N) is 2. The van der Waals surface area contributed by atoms with Crippen LogP contribution < -0.4 is 0 Å². The van der Waals surface area contributed by atoms with Gasteiger partial charge in [0.15, 0.2) is 0 Å². The second-order valence-electron chi connectivity index (χ2n) is 4.72. The Kier molecular flexibility index (Phi) is 5.21. The summed E-state index contributed by atoms with van der Waals surface area (Å²) in [6.07, 6.45) is 0. The zero-order valence-electron chi connectivity index (χ0n) is 10.9. The van der Waals surface area contributed by atoms with Crippen molar-refractivity contribution in [2.75, 3.05) is 33.2 Å². The molecule has 1 fully saturated rings. The number of hydrogen-bond acceptors (Lipinski definition) is 3. The Labute approximate surface area is 134 Å². The largest absolute Gasteiger partial charge is 0.304 e. The zero-order valence-corrected chi connectivity index (χ0v) is 14.0. The summed E-state index contributed by atoms with van der Waals surface area (Å²) in [6, 6.07) is 2.90. The van der Waals surface area contributed by atoms with Gasteiger partial charge >= 0.3 is 0 Å². The SMILES string of the molecule is CN1CCN(S(=O)(=O)c2cc(CCl)c(Cl)cc2Cl)CC1. The third-order valence-corrected chi connectivity index (χ3v) is 6.33. The summed E-state index contributed by atoms with van der Waals surface area (Å²) >= 11 is 17.8. The van der Waals surface area contributed by atoms with Crippen LogP contribution in [0.3, 0.4) is 0 Å². The molecule has 1 heterocycles. The van der Waals surface area contributed by atoms with Gasteiger partial charge in [-0.05, 0) is 24.7 Å². The van der Waals surface area contributed by atoms with Crippen molar-refractivity contribution in [1.29, 1.82) is 0 Å². The zero-order chi connectivity index (χ0) is 14.9. The summed E-state index contributed by atoms with van der Waals surface area (Å²) in [5.74, 6) is 0.140. The van der Waals surface area contributed by atoms with Crippen molar-refractivity contribution in [3.63, 3.8) is 0 Å². The third kappa shape index (κ3) is 3.24. The molecule has 0 N–H and O–H groups in total. The molecule has 2 rings (SSSR count). The Bertz CT molecular complexity index is 599. The van der Waals surface area contributed by atoms with Crippen LogP contribution in [0.5, 0.6) is 0 Å².